The van der Waals surface area contributed by atoms with Gasteiger partial charge in [0.25, 0.3) is 0 Å². The second-order valence-electron chi connectivity index (χ2n) is 6.23. The number of benzene rings is 3. The monoisotopic (exact) mass is 432 g/mol. The maximum absolute atomic E-state index is 12.9. The van der Waals surface area contributed by atoms with Crippen LogP contribution in [-0.4, -0.2) is 5.11 Å². The molecule has 0 fully saturated rings. The van der Waals surface area contributed by atoms with Crippen molar-refractivity contribution in [2.75, 3.05) is 0 Å². The molecule has 6 heteroatoms. The molecular weight excluding hydrogens is 413 g/mol. The van der Waals surface area contributed by atoms with E-state index in [-0.39, 0.29) is 12.0 Å². The Morgan fingerprint density at radius 1 is 0.828 bits per heavy atom. The van der Waals surface area contributed by atoms with E-state index in [1.54, 1.807) is 23.5 Å². The van der Waals surface area contributed by atoms with Gasteiger partial charge >= 0.3 is 6.18 Å². The molecule has 1 nitrogen and oxygen atoms in total. The zero-order valence-electron chi connectivity index (χ0n) is 15.3. The van der Waals surface area contributed by atoms with Gasteiger partial charge < -0.3 is 5.11 Å². The first-order chi connectivity index (χ1) is 13.9. The van der Waals surface area contributed by atoms with Gasteiger partial charge in [0.1, 0.15) is 0 Å². The lowest BCUT2D eigenvalue weighted by Crippen LogP contribution is -2.06. The van der Waals surface area contributed by atoms with Crippen molar-refractivity contribution in [1.82, 2.24) is 0 Å². The number of thioether (sulfide) groups is 2. The van der Waals surface area contributed by atoms with Crippen molar-refractivity contribution in [3.8, 4) is 0 Å². The van der Waals surface area contributed by atoms with Crippen LogP contribution in [-0.2, 0) is 6.18 Å². The standard InChI is InChI=1S/C23H19F3OS2/c24-23(25,26)18-9-7-8-17(16-18)21(27)14-15-22(28-19-10-3-1-4-11-19)29-20-12-5-2-6-13-20/h1-13,15-16,21,27H,14H2/t21-/m0/s1. The number of alkyl halides is 3. The smallest absolute Gasteiger partial charge is 0.388 e. The molecule has 3 aromatic rings. The molecule has 3 rings (SSSR count). The molecule has 0 saturated carbocycles. The predicted octanol–water partition coefficient (Wildman–Crippen LogP) is 7.55. The van der Waals surface area contributed by atoms with Crippen LogP contribution in [0.1, 0.15) is 23.7 Å². The van der Waals surface area contributed by atoms with E-state index < -0.39 is 17.8 Å². The van der Waals surface area contributed by atoms with Gasteiger partial charge in [0.15, 0.2) is 0 Å². The van der Waals surface area contributed by atoms with Crippen molar-refractivity contribution in [2.45, 2.75) is 28.5 Å². The Morgan fingerprint density at radius 2 is 1.38 bits per heavy atom. The maximum atomic E-state index is 12.9. The summed E-state index contributed by atoms with van der Waals surface area (Å²) in [7, 11) is 0. The lowest BCUT2D eigenvalue weighted by molar-refractivity contribution is -0.137. The Bertz CT molecular complexity index is 898. The largest absolute Gasteiger partial charge is 0.416 e. The van der Waals surface area contributed by atoms with Crippen LogP contribution in [0.2, 0.25) is 0 Å². The van der Waals surface area contributed by atoms with Crippen molar-refractivity contribution in [2.24, 2.45) is 0 Å². The number of aliphatic hydroxyl groups excluding tert-OH is 1. The summed E-state index contributed by atoms with van der Waals surface area (Å²) >= 11 is 3.12. The third kappa shape index (κ3) is 6.70. The van der Waals surface area contributed by atoms with Crippen LogP contribution in [0.3, 0.4) is 0 Å². The van der Waals surface area contributed by atoms with E-state index in [4.69, 9.17) is 0 Å². The van der Waals surface area contributed by atoms with Gasteiger partial charge in [0, 0.05) is 14.0 Å². The van der Waals surface area contributed by atoms with Crippen molar-refractivity contribution < 1.29 is 18.3 Å². The Balaban J connectivity index is 1.78. The Hall–Kier alpha value is -2.15. The van der Waals surface area contributed by atoms with Crippen LogP contribution in [0.5, 0.6) is 0 Å². The summed E-state index contributed by atoms with van der Waals surface area (Å²) in [5.74, 6) is 0. The zero-order chi connectivity index (χ0) is 20.7. The van der Waals surface area contributed by atoms with Gasteiger partial charge in [-0.15, -0.1) is 0 Å². The van der Waals surface area contributed by atoms with E-state index >= 15 is 0 Å². The highest BCUT2D eigenvalue weighted by atomic mass is 32.2. The van der Waals surface area contributed by atoms with Gasteiger partial charge in [-0.2, -0.15) is 13.2 Å². The van der Waals surface area contributed by atoms with Crippen LogP contribution in [0, 0.1) is 0 Å². The molecule has 3 aromatic carbocycles. The topological polar surface area (TPSA) is 20.2 Å². The van der Waals surface area contributed by atoms with Crippen LogP contribution in [0.4, 0.5) is 13.2 Å². The molecule has 0 aliphatic rings. The number of aliphatic hydroxyl groups is 1. The molecule has 0 radical (unpaired) electrons. The predicted molar refractivity (Wildman–Crippen MR) is 114 cm³/mol. The first-order valence-corrected chi connectivity index (χ1v) is 10.6. The van der Waals surface area contributed by atoms with Gasteiger partial charge in [0.2, 0.25) is 0 Å². The Labute approximate surface area is 176 Å². The highest BCUT2D eigenvalue weighted by Gasteiger charge is 2.30. The highest BCUT2D eigenvalue weighted by molar-refractivity contribution is 8.22. The Morgan fingerprint density at radius 3 is 1.90 bits per heavy atom. The third-order valence-corrected chi connectivity index (χ3v) is 6.28. The lowest BCUT2D eigenvalue weighted by Gasteiger charge is -2.13. The summed E-state index contributed by atoms with van der Waals surface area (Å²) in [6.07, 6.45) is -3.35. The molecule has 0 aromatic heterocycles. The Kier molecular flexibility index (Phi) is 7.47. The molecule has 1 atom stereocenters. The van der Waals surface area contributed by atoms with Crippen molar-refractivity contribution in [3.63, 3.8) is 0 Å². The summed E-state index contributed by atoms with van der Waals surface area (Å²) in [6.45, 7) is 0. The van der Waals surface area contributed by atoms with Crippen LogP contribution in [0.15, 0.2) is 105 Å². The van der Waals surface area contributed by atoms with Crippen molar-refractivity contribution >= 4 is 23.5 Å². The van der Waals surface area contributed by atoms with Crippen LogP contribution in [0.25, 0.3) is 0 Å². The third-order valence-electron chi connectivity index (χ3n) is 4.03. The second-order valence-corrected chi connectivity index (χ2v) is 8.72. The fourth-order valence-corrected chi connectivity index (χ4v) is 4.73. The van der Waals surface area contributed by atoms with E-state index in [1.165, 1.54) is 12.1 Å². The van der Waals surface area contributed by atoms with Gasteiger partial charge in [-0.05, 0) is 48.4 Å². The molecule has 0 amide bonds. The van der Waals surface area contributed by atoms with Crippen LogP contribution >= 0.6 is 23.5 Å². The molecule has 0 unspecified atom stereocenters. The molecule has 0 heterocycles. The number of hydrogen-bond acceptors (Lipinski definition) is 3. The van der Waals surface area contributed by atoms with Crippen molar-refractivity contribution in [3.05, 3.63) is 106 Å². The minimum atomic E-state index is -4.43. The van der Waals surface area contributed by atoms with E-state index in [0.717, 1.165) is 26.2 Å². The van der Waals surface area contributed by atoms with Crippen LogP contribution < -0.4 is 0 Å². The fraction of sp³-hybridized carbons (Fsp3) is 0.130. The normalized spacial score (nSPS) is 12.4. The summed E-state index contributed by atoms with van der Waals surface area (Å²) in [6, 6.07) is 24.5. The first-order valence-electron chi connectivity index (χ1n) is 8.93. The molecule has 0 aliphatic heterocycles. The maximum Gasteiger partial charge on any atom is 0.416 e. The first kappa shape index (κ1) is 21.6. The molecule has 150 valence electrons. The van der Waals surface area contributed by atoms with Gasteiger partial charge in [0.05, 0.1) is 11.7 Å². The second kappa shape index (κ2) is 10.1. The summed E-state index contributed by atoms with van der Waals surface area (Å²) in [5.41, 5.74) is -0.500. The van der Waals surface area contributed by atoms with E-state index in [2.05, 4.69) is 0 Å². The fourth-order valence-electron chi connectivity index (χ4n) is 2.58. The average molecular weight is 433 g/mol. The zero-order valence-corrected chi connectivity index (χ0v) is 17.0. The minimum absolute atomic E-state index is 0.219. The van der Waals surface area contributed by atoms with Gasteiger partial charge in [-0.1, -0.05) is 78.1 Å². The number of rotatable bonds is 7. The average Bonchev–Trinajstić information content (AvgIpc) is 2.73. The summed E-state index contributed by atoms with van der Waals surface area (Å²) in [5, 5.41) is 10.5. The molecule has 0 aliphatic carbocycles. The van der Waals surface area contributed by atoms with Gasteiger partial charge in [-0.25, -0.2) is 0 Å². The number of hydrogen-bond donors (Lipinski definition) is 1. The lowest BCUT2D eigenvalue weighted by atomic mass is 10.0. The molecule has 1 N–H and O–H groups in total. The molecular formula is C23H19F3OS2. The van der Waals surface area contributed by atoms with Gasteiger partial charge in [-0.3, -0.25) is 0 Å². The van der Waals surface area contributed by atoms with E-state index in [1.807, 2.05) is 66.7 Å². The SMILES string of the molecule is O[C@@H](CC=C(Sc1ccccc1)Sc1ccccc1)c1cccc(C(F)(F)F)c1. The van der Waals surface area contributed by atoms with E-state index in [9.17, 15) is 18.3 Å². The molecule has 29 heavy (non-hydrogen) atoms. The van der Waals surface area contributed by atoms with Crippen molar-refractivity contribution in [1.29, 1.82) is 0 Å². The summed E-state index contributed by atoms with van der Waals surface area (Å²) < 4.78 is 39.7. The molecule has 0 saturated heterocycles. The highest BCUT2D eigenvalue weighted by Crippen LogP contribution is 2.40. The summed E-state index contributed by atoms with van der Waals surface area (Å²) in [4.78, 5) is 2.10. The number of halogens is 3. The molecule has 0 bridgehead atoms. The minimum Gasteiger partial charge on any atom is -0.388 e. The van der Waals surface area contributed by atoms with E-state index in [0.29, 0.717) is 0 Å². The quantitative estimate of drug-likeness (QED) is 0.389. The molecule has 0 spiro atoms.